The Morgan fingerprint density at radius 3 is 2.11 bits per heavy atom. The number of thioether (sulfide) groups is 1. The fraction of sp³-hybridized carbons (Fsp3) is 0.207. The van der Waals surface area contributed by atoms with Crippen molar-refractivity contribution in [3.63, 3.8) is 0 Å². The second-order valence-corrected chi connectivity index (χ2v) is 10.1. The molecule has 196 valence electrons. The van der Waals surface area contributed by atoms with E-state index in [-0.39, 0.29) is 29.3 Å². The number of methoxy groups -OCH3 is 2. The minimum atomic E-state index is -0.369. The molecule has 1 aliphatic rings. The molecule has 3 aromatic carbocycles. The number of hydrogen-bond acceptors (Lipinski definition) is 7. The van der Waals surface area contributed by atoms with Gasteiger partial charge in [0, 0.05) is 28.4 Å². The Labute approximate surface area is 226 Å². The molecule has 0 atom stereocenters. The summed E-state index contributed by atoms with van der Waals surface area (Å²) in [6.07, 6.45) is 0. The third kappa shape index (κ3) is 6.18. The number of amides is 3. The molecule has 0 saturated carbocycles. The van der Waals surface area contributed by atoms with E-state index in [1.54, 1.807) is 80.9 Å². The van der Waals surface area contributed by atoms with E-state index in [9.17, 15) is 14.4 Å². The number of benzene rings is 3. The number of nitrogens with one attached hydrogen (secondary N) is 2. The first kappa shape index (κ1) is 26.8. The lowest BCUT2D eigenvalue weighted by Gasteiger charge is -2.17. The van der Waals surface area contributed by atoms with E-state index in [1.807, 2.05) is 19.9 Å². The average Bonchev–Trinajstić information content (AvgIpc) is 3.12. The van der Waals surface area contributed by atoms with Crippen molar-refractivity contribution in [3.05, 3.63) is 89.0 Å². The van der Waals surface area contributed by atoms with E-state index in [0.717, 1.165) is 0 Å². The molecule has 0 radical (unpaired) electrons. The maximum atomic E-state index is 13.3. The molecule has 0 bridgehead atoms. The Morgan fingerprint density at radius 1 is 0.868 bits per heavy atom. The molecule has 0 saturated heterocycles. The van der Waals surface area contributed by atoms with Gasteiger partial charge in [-0.15, -0.1) is 0 Å². The molecular weight excluding hydrogens is 502 g/mol. The standard InChI is InChI=1S/C29H29N3O5S/c1-18(2)17-32-28(34)25(30-20-10-14-23(37-4)15-11-20)26(29(32)35)38-24-7-5-6-21(16-24)31-27(33)19-8-12-22(36-3)13-9-19/h5-16,18,30H,17H2,1-4H3,(H,31,33). The number of ether oxygens (including phenoxy) is 2. The minimum absolute atomic E-state index is 0.117. The summed E-state index contributed by atoms with van der Waals surface area (Å²) in [6, 6.07) is 21.1. The molecular formula is C29H29N3O5S. The zero-order valence-corrected chi connectivity index (χ0v) is 22.4. The highest BCUT2D eigenvalue weighted by Gasteiger charge is 2.39. The molecule has 0 aliphatic carbocycles. The van der Waals surface area contributed by atoms with Crippen LogP contribution < -0.4 is 20.1 Å². The minimum Gasteiger partial charge on any atom is -0.497 e. The van der Waals surface area contributed by atoms with Gasteiger partial charge in [-0.05, 0) is 72.6 Å². The van der Waals surface area contributed by atoms with Gasteiger partial charge in [0.1, 0.15) is 22.1 Å². The lowest BCUT2D eigenvalue weighted by Crippen LogP contribution is -2.35. The molecule has 8 nitrogen and oxygen atoms in total. The molecule has 0 unspecified atom stereocenters. The first-order valence-corrected chi connectivity index (χ1v) is 12.9. The predicted octanol–water partition coefficient (Wildman–Crippen LogP) is 5.40. The van der Waals surface area contributed by atoms with E-state index in [4.69, 9.17) is 9.47 Å². The van der Waals surface area contributed by atoms with Gasteiger partial charge in [-0.25, -0.2) is 0 Å². The fourth-order valence-electron chi connectivity index (χ4n) is 3.81. The van der Waals surface area contributed by atoms with Crippen LogP contribution >= 0.6 is 11.8 Å². The van der Waals surface area contributed by atoms with Crippen LogP contribution in [-0.4, -0.2) is 43.4 Å². The maximum Gasteiger partial charge on any atom is 0.278 e. The Morgan fingerprint density at radius 2 is 1.50 bits per heavy atom. The molecule has 38 heavy (non-hydrogen) atoms. The Hall–Kier alpha value is -4.24. The zero-order chi connectivity index (χ0) is 27.2. The van der Waals surface area contributed by atoms with Crippen molar-refractivity contribution in [1.29, 1.82) is 0 Å². The molecule has 3 aromatic rings. The van der Waals surface area contributed by atoms with Crippen LogP contribution in [0.15, 0.2) is 88.3 Å². The topological polar surface area (TPSA) is 97.0 Å². The summed E-state index contributed by atoms with van der Waals surface area (Å²) in [7, 11) is 3.15. The van der Waals surface area contributed by atoms with Crippen LogP contribution in [0.1, 0.15) is 24.2 Å². The predicted molar refractivity (Wildman–Crippen MR) is 148 cm³/mol. The van der Waals surface area contributed by atoms with Gasteiger partial charge in [-0.2, -0.15) is 0 Å². The summed E-state index contributed by atoms with van der Waals surface area (Å²) >= 11 is 1.18. The second kappa shape index (κ2) is 11.9. The number of anilines is 2. The molecule has 0 aromatic heterocycles. The van der Waals surface area contributed by atoms with E-state index in [1.165, 1.54) is 16.7 Å². The van der Waals surface area contributed by atoms with Crippen molar-refractivity contribution in [3.8, 4) is 11.5 Å². The van der Waals surface area contributed by atoms with Crippen molar-refractivity contribution >= 4 is 40.9 Å². The number of nitrogens with zero attached hydrogens (tertiary/aromatic N) is 1. The summed E-state index contributed by atoms with van der Waals surface area (Å²) in [5.74, 6) is 0.470. The van der Waals surface area contributed by atoms with Gasteiger partial charge in [0.25, 0.3) is 17.7 Å². The Bertz CT molecular complexity index is 1370. The van der Waals surface area contributed by atoms with Gasteiger partial charge in [-0.1, -0.05) is 31.7 Å². The molecule has 0 fully saturated rings. The molecule has 2 N–H and O–H groups in total. The van der Waals surface area contributed by atoms with E-state index >= 15 is 0 Å². The first-order chi connectivity index (χ1) is 18.3. The molecule has 9 heteroatoms. The van der Waals surface area contributed by atoms with E-state index < -0.39 is 0 Å². The molecule has 1 heterocycles. The summed E-state index contributed by atoms with van der Waals surface area (Å²) < 4.78 is 10.3. The number of carbonyl (C=O) groups is 3. The third-order valence-electron chi connectivity index (χ3n) is 5.70. The smallest absolute Gasteiger partial charge is 0.278 e. The van der Waals surface area contributed by atoms with Crippen LogP contribution in [0.4, 0.5) is 11.4 Å². The summed E-state index contributed by atoms with van der Waals surface area (Å²) in [5.41, 5.74) is 1.93. The van der Waals surface area contributed by atoms with Crippen LogP contribution in [0.2, 0.25) is 0 Å². The van der Waals surface area contributed by atoms with Crippen molar-refractivity contribution in [2.24, 2.45) is 5.92 Å². The van der Waals surface area contributed by atoms with Gasteiger partial charge in [-0.3, -0.25) is 19.3 Å². The zero-order valence-electron chi connectivity index (χ0n) is 21.6. The highest BCUT2D eigenvalue weighted by atomic mass is 32.2. The SMILES string of the molecule is COc1ccc(NC2=C(Sc3cccc(NC(=O)c4ccc(OC)cc4)c3)C(=O)N(CC(C)C)C2=O)cc1. The summed E-state index contributed by atoms with van der Waals surface area (Å²) in [6.45, 7) is 4.22. The summed E-state index contributed by atoms with van der Waals surface area (Å²) in [5, 5.41) is 6.01. The van der Waals surface area contributed by atoms with Crippen molar-refractivity contribution in [2.45, 2.75) is 18.7 Å². The van der Waals surface area contributed by atoms with E-state index in [0.29, 0.717) is 44.8 Å². The number of imide groups is 1. The number of rotatable bonds is 10. The van der Waals surface area contributed by atoms with Crippen LogP contribution in [-0.2, 0) is 9.59 Å². The highest BCUT2D eigenvalue weighted by Crippen LogP contribution is 2.37. The summed E-state index contributed by atoms with van der Waals surface area (Å²) in [4.78, 5) is 41.6. The number of carbonyl (C=O) groups excluding carboxylic acids is 3. The van der Waals surface area contributed by atoms with Gasteiger partial charge >= 0.3 is 0 Å². The molecule has 3 amide bonds. The van der Waals surface area contributed by atoms with Gasteiger partial charge in [0.2, 0.25) is 0 Å². The monoisotopic (exact) mass is 531 g/mol. The van der Waals surface area contributed by atoms with Crippen LogP contribution in [0.25, 0.3) is 0 Å². The highest BCUT2D eigenvalue weighted by molar-refractivity contribution is 8.04. The molecule has 1 aliphatic heterocycles. The van der Waals surface area contributed by atoms with E-state index in [2.05, 4.69) is 10.6 Å². The third-order valence-corrected chi connectivity index (χ3v) is 6.77. The largest absolute Gasteiger partial charge is 0.497 e. The van der Waals surface area contributed by atoms with Gasteiger partial charge in [0.15, 0.2) is 0 Å². The second-order valence-electron chi connectivity index (χ2n) is 8.98. The lowest BCUT2D eigenvalue weighted by molar-refractivity contribution is -0.137. The van der Waals surface area contributed by atoms with Crippen LogP contribution in [0, 0.1) is 5.92 Å². The van der Waals surface area contributed by atoms with Crippen molar-refractivity contribution in [1.82, 2.24) is 4.90 Å². The quantitative estimate of drug-likeness (QED) is 0.338. The van der Waals surface area contributed by atoms with Crippen molar-refractivity contribution < 1.29 is 23.9 Å². The first-order valence-electron chi connectivity index (χ1n) is 12.0. The Balaban J connectivity index is 1.58. The fourth-order valence-corrected chi connectivity index (χ4v) is 4.82. The van der Waals surface area contributed by atoms with Crippen LogP contribution in [0.5, 0.6) is 11.5 Å². The molecule has 0 spiro atoms. The maximum absolute atomic E-state index is 13.3. The Kier molecular flexibility index (Phi) is 8.38. The van der Waals surface area contributed by atoms with Gasteiger partial charge < -0.3 is 20.1 Å². The lowest BCUT2D eigenvalue weighted by atomic mass is 10.2. The van der Waals surface area contributed by atoms with Crippen molar-refractivity contribution in [2.75, 3.05) is 31.4 Å². The van der Waals surface area contributed by atoms with Gasteiger partial charge in [0.05, 0.1) is 14.2 Å². The van der Waals surface area contributed by atoms with Crippen LogP contribution in [0.3, 0.4) is 0 Å². The molecule has 4 rings (SSSR count). The normalized spacial score (nSPS) is 13.2. The number of hydrogen-bond donors (Lipinski definition) is 2. The average molecular weight is 532 g/mol.